The number of hydrogen-bond donors (Lipinski definition) is 2. The molecule has 1 unspecified atom stereocenters. The van der Waals surface area contributed by atoms with Crippen molar-refractivity contribution in [3.63, 3.8) is 0 Å². The van der Waals surface area contributed by atoms with Gasteiger partial charge in [0.15, 0.2) is 6.61 Å². The number of nitrogens with two attached hydrogens (primary N) is 1. The van der Waals surface area contributed by atoms with E-state index in [1.807, 2.05) is 0 Å². The molecule has 1 atom stereocenters. The average Bonchev–Trinajstić information content (AvgIpc) is 2.54. The molecule has 1 aromatic carbocycles. The highest BCUT2D eigenvalue weighted by atomic mass is 35.5. The zero-order valence-electron chi connectivity index (χ0n) is 13.4. The molecule has 1 aliphatic heterocycles. The number of rotatable bonds is 4. The largest absolute Gasteiger partial charge is 0.452 e. The number of hydrogen-bond acceptors (Lipinski definition) is 5. The van der Waals surface area contributed by atoms with Crippen LogP contribution in [-0.4, -0.2) is 48.4 Å². The van der Waals surface area contributed by atoms with Crippen LogP contribution in [0, 0.1) is 0 Å². The molecule has 2 amide bonds. The van der Waals surface area contributed by atoms with Crippen LogP contribution in [0.1, 0.15) is 30.1 Å². The third-order valence-corrected chi connectivity index (χ3v) is 4.08. The molecule has 130 valence electrons. The molecule has 1 aromatic rings. The maximum atomic E-state index is 12.2. The summed E-state index contributed by atoms with van der Waals surface area (Å²) in [5.41, 5.74) is 6.14. The van der Waals surface area contributed by atoms with Crippen LogP contribution >= 0.6 is 11.6 Å². The fourth-order valence-corrected chi connectivity index (χ4v) is 2.70. The van der Waals surface area contributed by atoms with E-state index < -0.39 is 5.97 Å². The van der Waals surface area contributed by atoms with Gasteiger partial charge in [-0.1, -0.05) is 11.6 Å². The molecule has 3 N–H and O–H groups in total. The van der Waals surface area contributed by atoms with Crippen molar-refractivity contribution < 1.29 is 19.1 Å². The number of benzene rings is 1. The van der Waals surface area contributed by atoms with E-state index in [1.54, 1.807) is 4.90 Å². The van der Waals surface area contributed by atoms with Gasteiger partial charge in [-0.2, -0.15) is 0 Å². The second-order valence-corrected chi connectivity index (χ2v) is 6.10. The first kappa shape index (κ1) is 18.1. The third kappa shape index (κ3) is 4.86. The fraction of sp³-hybridized carbons (Fsp3) is 0.438. The number of nitrogens with one attached hydrogen (secondary N) is 1. The van der Waals surface area contributed by atoms with E-state index in [2.05, 4.69) is 5.32 Å². The van der Waals surface area contributed by atoms with E-state index in [4.69, 9.17) is 22.1 Å². The molecule has 7 nitrogen and oxygen atoms in total. The summed E-state index contributed by atoms with van der Waals surface area (Å²) in [6, 6.07) is 4.33. The lowest BCUT2D eigenvalue weighted by Gasteiger charge is -2.32. The second kappa shape index (κ2) is 8.01. The van der Waals surface area contributed by atoms with Crippen molar-refractivity contribution in [1.29, 1.82) is 0 Å². The van der Waals surface area contributed by atoms with Crippen molar-refractivity contribution >= 4 is 35.1 Å². The van der Waals surface area contributed by atoms with Crippen molar-refractivity contribution in [3.8, 4) is 0 Å². The Bertz CT molecular complexity index is 650. The van der Waals surface area contributed by atoms with E-state index in [0.717, 1.165) is 12.8 Å². The van der Waals surface area contributed by atoms with E-state index in [9.17, 15) is 14.4 Å². The minimum atomic E-state index is -0.637. The monoisotopic (exact) mass is 353 g/mol. The highest BCUT2D eigenvalue weighted by Crippen LogP contribution is 2.20. The zero-order chi connectivity index (χ0) is 17.7. The molecule has 8 heteroatoms. The Labute approximate surface area is 145 Å². The summed E-state index contributed by atoms with van der Waals surface area (Å²) in [5.74, 6) is -1.05. The quantitative estimate of drug-likeness (QED) is 0.625. The number of amides is 2. The highest BCUT2D eigenvalue weighted by Gasteiger charge is 2.25. The van der Waals surface area contributed by atoms with Gasteiger partial charge in [0.1, 0.15) is 0 Å². The fourth-order valence-electron chi connectivity index (χ4n) is 2.58. The van der Waals surface area contributed by atoms with E-state index in [-0.39, 0.29) is 35.7 Å². The predicted molar refractivity (Wildman–Crippen MR) is 89.6 cm³/mol. The molecule has 1 heterocycles. The molecular formula is C16H20ClN3O4. The van der Waals surface area contributed by atoms with Crippen LogP contribution in [0.25, 0.3) is 0 Å². The van der Waals surface area contributed by atoms with Gasteiger partial charge in [-0.15, -0.1) is 0 Å². The Morgan fingerprint density at radius 3 is 2.83 bits per heavy atom. The van der Waals surface area contributed by atoms with Crippen LogP contribution in [0.3, 0.4) is 0 Å². The lowest BCUT2D eigenvalue weighted by atomic mass is 10.1. The molecule has 1 fully saturated rings. The van der Waals surface area contributed by atoms with Gasteiger partial charge in [-0.3, -0.25) is 9.59 Å². The molecule has 2 rings (SSSR count). The number of esters is 1. The first-order chi connectivity index (χ1) is 11.4. The van der Waals surface area contributed by atoms with Crippen molar-refractivity contribution in [3.05, 3.63) is 28.8 Å². The Morgan fingerprint density at radius 1 is 1.42 bits per heavy atom. The molecule has 0 aliphatic carbocycles. The average molecular weight is 354 g/mol. The van der Waals surface area contributed by atoms with Gasteiger partial charge in [0.05, 0.1) is 16.3 Å². The Kier molecular flexibility index (Phi) is 6.03. The van der Waals surface area contributed by atoms with Gasteiger partial charge in [0, 0.05) is 26.1 Å². The van der Waals surface area contributed by atoms with Gasteiger partial charge < -0.3 is 20.7 Å². The first-order valence-electron chi connectivity index (χ1n) is 7.64. The third-order valence-electron chi connectivity index (χ3n) is 3.74. The lowest BCUT2D eigenvalue weighted by Crippen LogP contribution is -2.50. The number of likely N-dealkylation sites (tertiary alicyclic amines) is 1. The maximum absolute atomic E-state index is 12.2. The van der Waals surface area contributed by atoms with Crippen molar-refractivity contribution in [2.24, 2.45) is 0 Å². The number of anilines is 1. The second-order valence-electron chi connectivity index (χ2n) is 5.69. The van der Waals surface area contributed by atoms with Crippen molar-refractivity contribution in [1.82, 2.24) is 10.2 Å². The van der Waals surface area contributed by atoms with Crippen LogP contribution in [0.4, 0.5) is 5.69 Å². The molecule has 0 saturated carbocycles. The number of carbonyl (C=O) groups excluding carboxylic acids is 3. The van der Waals surface area contributed by atoms with Crippen LogP contribution in [0.15, 0.2) is 18.2 Å². The molecule has 0 spiro atoms. The molecular weight excluding hydrogens is 334 g/mol. The van der Waals surface area contributed by atoms with Gasteiger partial charge in [-0.05, 0) is 31.0 Å². The zero-order valence-corrected chi connectivity index (χ0v) is 14.1. The van der Waals surface area contributed by atoms with E-state index in [1.165, 1.54) is 25.1 Å². The van der Waals surface area contributed by atoms with E-state index >= 15 is 0 Å². The summed E-state index contributed by atoms with van der Waals surface area (Å²) < 4.78 is 5.04. The molecule has 0 radical (unpaired) electrons. The van der Waals surface area contributed by atoms with Gasteiger partial charge in [-0.25, -0.2) is 4.79 Å². The molecule has 1 aliphatic rings. The van der Waals surface area contributed by atoms with Gasteiger partial charge in [0.2, 0.25) is 5.91 Å². The highest BCUT2D eigenvalue weighted by molar-refractivity contribution is 6.33. The summed E-state index contributed by atoms with van der Waals surface area (Å²) >= 11 is 5.80. The summed E-state index contributed by atoms with van der Waals surface area (Å²) in [4.78, 5) is 36.8. The smallest absolute Gasteiger partial charge is 0.338 e. The number of ether oxygens (including phenoxy) is 1. The molecule has 1 saturated heterocycles. The van der Waals surface area contributed by atoms with Crippen LogP contribution in [0.2, 0.25) is 5.02 Å². The number of carbonyl (C=O) groups is 3. The lowest BCUT2D eigenvalue weighted by molar-refractivity contribution is -0.136. The minimum Gasteiger partial charge on any atom is -0.452 e. The van der Waals surface area contributed by atoms with Crippen LogP contribution in [-0.2, 0) is 14.3 Å². The summed E-state index contributed by atoms with van der Waals surface area (Å²) in [6.07, 6.45) is 1.62. The van der Waals surface area contributed by atoms with E-state index in [0.29, 0.717) is 18.1 Å². The first-order valence-corrected chi connectivity index (χ1v) is 8.01. The number of nitrogen functional groups attached to an aromatic ring is 1. The van der Waals surface area contributed by atoms with Crippen LogP contribution in [0.5, 0.6) is 0 Å². The normalized spacial score (nSPS) is 17.2. The number of nitrogens with zero attached hydrogens (tertiary/aromatic N) is 1. The summed E-state index contributed by atoms with van der Waals surface area (Å²) in [7, 11) is 0. The Hall–Kier alpha value is -2.28. The van der Waals surface area contributed by atoms with Crippen molar-refractivity contribution in [2.45, 2.75) is 25.8 Å². The topological polar surface area (TPSA) is 102 Å². The number of halogens is 1. The van der Waals surface area contributed by atoms with Gasteiger partial charge in [0.25, 0.3) is 5.91 Å². The minimum absolute atomic E-state index is 0.0630. The van der Waals surface area contributed by atoms with Crippen LogP contribution < -0.4 is 11.1 Å². The molecule has 0 aromatic heterocycles. The Morgan fingerprint density at radius 2 is 2.17 bits per heavy atom. The SMILES string of the molecule is CC(=O)NC1CCCN(C(=O)COC(=O)c2ccc(Cl)c(N)c2)C1. The molecule has 0 bridgehead atoms. The van der Waals surface area contributed by atoms with Crippen molar-refractivity contribution in [2.75, 3.05) is 25.4 Å². The Balaban J connectivity index is 1.86. The summed E-state index contributed by atoms with van der Waals surface area (Å²) in [6.45, 7) is 2.10. The standard InChI is InChI=1S/C16H20ClN3O4/c1-10(21)19-12-3-2-6-20(8-12)15(22)9-24-16(23)11-4-5-13(17)14(18)7-11/h4-5,7,12H,2-3,6,8-9,18H2,1H3,(H,19,21). The van der Waals surface area contributed by atoms with Gasteiger partial charge >= 0.3 is 5.97 Å². The summed E-state index contributed by atoms with van der Waals surface area (Å²) in [5, 5.41) is 3.15. The predicted octanol–water partition coefficient (Wildman–Crippen LogP) is 1.21. The molecule has 24 heavy (non-hydrogen) atoms. The number of piperidine rings is 1. The maximum Gasteiger partial charge on any atom is 0.338 e.